The van der Waals surface area contributed by atoms with Gasteiger partial charge in [0.2, 0.25) is 0 Å². The average molecular weight is 525 g/mol. The van der Waals surface area contributed by atoms with Crippen LogP contribution >= 0.6 is 0 Å². The van der Waals surface area contributed by atoms with Crippen LogP contribution in [0.15, 0.2) is 78.9 Å². The maximum Gasteiger partial charge on any atom is 0.484 e. The molecule has 0 amide bonds. The summed E-state index contributed by atoms with van der Waals surface area (Å²) in [5.41, 5.74) is -0.459. The highest BCUT2D eigenvalue weighted by Gasteiger charge is 2.37. The van der Waals surface area contributed by atoms with Gasteiger partial charge >= 0.3 is 33.2 Å². The maximum absolute atomic E-state index is 13.1. The molecular formula is C26H24O10Si. The van der Waals surface area contributed by atoms with Crippen LogP contribution in [0.1, 0.15) is 43.7 Å². The van der Waals surface area contributed by atoms with Gasteiger partial charge in [-0.1, -0.05) is 72.8 Å². The van der Waals surface area contributed by atoms with E-state index in [1.165, 1.54) is 12.1 Å². The van der Waals surface area contributed by atoms with Gasteiger partial charge in [0.25, 0.3) is 0 Å². The van der Waals surface area contributed by atoms with Crippen molar-refractivity contribution in [2.24, 2.45) is 0 Å². The lowest BCUT2D eigenvalue weighted by Gasteiger charge is -2.23. The van der Waals surface area contributed by atoms with Crippen molar-refractivity contribution < 1.29 is 48.5 Å². The molecule has 0 saturated carbocycles. The monoisotopic (exact) mass is 524 g/mol. The van der Waals surface area contributed by atoms with E-state index in [0.717, 1.165) is 6.07 Å². The topological polar surface area (TPSA) is 168 Å². The quantitative estimate of drug-likeness (QED) is 0.267. The smallest absolute Gasteiger partial charge is 0.483 e. The summed E-state index contributed by atoms with van der Waals surface area (Å²) in [6.45, 7) is -1.30. The molecular weight excluding hydrogens is 500 g/mol. The van der Waals surface area contributed by atoms with E-state index < -0.39 is 69.3 Å². The van der Waals surface area contributed by atoms with Gasteiger partial charge in [0, 0.05) is 5.19 Å². The highest BCUT2D eigenvalue weighted by Crippen LogP contribution is 2.21. The van der Waals surface area contributed by atoms with Crippen molar-refractivity contribution in [3.63, 3.8) is 0 Å². The minimum Gasteiger partial charge on any atom is -0.483 e. The van der Waals surface area contributed by atoms with Crippen LogP contribution in [-0.2, 0) is 18.4 Å². The van der Waals surface area contributed by atoms with Gasteiger partial charge in [0.05, 0.1) is 24.3 Å². The van der Waals surface area contributed by atoms with Gasteiger partial charge in [0.1, 0.15) is 11.8 Å². The first-order chi connectivity index (χ1) is 17.8. The number of rotatable bonds is 11. The summed E-state index contributed by atoms with van der Waals surface area (Å²) in [5.74, 6) is -7.49. The number of carboxylic acids is 2. The van der Waals surface area contributed by atoms with Crippen LogP contribution < -0.4 is 5.19 Å². The summed E-state index contributed by atoms with van der Waals surface area (Å²) >= 11 is 0. The molecule has 0 bridgehead atoms. The molecule has 0 fully saturated rings. The minimum atomic E-state index is -3.83. The molecule has 3 rings (SSSR count). The third-order valence-electron chi connectivity index (χ3n) is 5.58. The summed E-state index contributed by atoms with van der Waals surface area (Å²) in [7, 11) is -3.83. The predicted octanol–water partition coefficient (Wildman–Crippen LogP) is 1.15. The number of aliphatic hydroxyl groups is 2. The number of benzene rings is 3. The van der Waals surface area contributed by atoms with Crippen molar-refractivity contribution in [3.05, 3.63) is 101 Å². The van der Waals surface area contributed by atoms with E-state index in [0.29, 0.717) is 11.1 Å². The Hall–Kier alpha value is -4.32. The normalized spacial score (nSPS) is 13.1. The molecule has 0 aliphatic rings. The molecule has 0 spiro atoms. The van der Waals surface area contributed by atoms with E-state index in [9.17, 15) is 39.6 Å². The lowest BCUT2D eigenvalue weighted by molar-refractivity contribution is -0.142. The third kappa shape index (κ3) is 6.47. The molecule has 0 aliphatic carbocycles. The van der Waals surface area contributed by atoms with Crippen LogP contribution in [0.4, 0.5) is 0 Å². The SMILES string of the molecule is O=C(O)c1cccc([SiH](OC(=O)C(CO)c2ccccc2)OC(=O)C(CO)c2ccccc2)c1C(=O)O. The molecule has 3 aromatic carbocycles. The van der Waals surface area contributed by atoms with Gasteiger partial charge in [0.15, 0.2) is 0 Å². The van der Waals surface area contributed by atoms with Crippen molar-refractivity contribution >= 4 is 38.3 Å². The van der Waals surface area contributed by atoms with Gasteiger partial charge in [-0.05, 0) is 17.2 Å². The number of carbonyl (C=O) groups excluding carboxylic acids is 2. The molecule has 2 atom stereocenters. The zero-order valence-electron chi connectivity index (χ0n) is 19.4. The first-order valence-electron chi connectivity index (χ1n) is 11.1. The molecule has 4 N–H and O–H groups in total. The van der Waals surface area contributed by atoms with Crippen LogP contribution in [0.3, 0.4) is 0 Å². The zero-order valence-corrected chi connectivity index (χ0v) is 20.5. The van der Waals surface area contributed by atoms with Crippen LogP contribution in [0.25, 0.3) is 0 Å². The molecule has 0 saturated heterocycles. The van der Waals surface area contributed by atoms with Crippen LogP contribution in [0.2, 0.25) is 0 Å². The Morgan fingerprint density at radius 1 is 0.649 bits per heavy atom. The number of carbonyl (C=O) groups is 4. The predicted molar refractivity (Wildman–Crippen MR) is 132 cm³/mol. The molecule has 37 heavy (non-hydrogen) atoms. The Bertz CT molecular complexity index is 1200. The van der Waals surface area contributed by atoms with Crippen LogP contribution in [-0.4, -0.2) is 66.8 Å². The molecule has 3 aromatic rings. The summed E-state index contributed by atoms with van der Waals surface area (Å²) in [4.78, 5) is 49.9. The Kier molecular flexibility index (Phi) is 9.27. The molecule has 11 heteroatoms. The summed E-state index contributed by atoms with van der Waals surface area (Å²) in [6, 6.07) is 19.8. The summed E-state index contributed by atoms with van der Waals surface area (Å²) in [5, 5.41) is 38.7. The standard InChI is InChI=1S/C26H24O10Si/c27-14-19(16-8-3-1-4-9-16)25(33)35-37(21-13-7-12-18(23(29)30)22(21)24(31)32)36-26(34)20(15-28)17-10-5-2-6-11-17/h1-13,19-20,27-28,37H,14-15H2,(H,29,30)(H,31,32). The minimum absolute atomic E-state index is 0.274. The second-order valence-electron chi connectivity index (χ2n) is 7.88. The number of hydrogen-bond acceptors (Lipinski definition) is 8. The van der Waals surface area contributed by atoms with Crippen molar-refractivity contribution in [3.8, 4) is 0 Å². The third-order valence-corrected chi connectivity index (χ3v) is 7.46. The lowest BCUT2D eigenvalue weighted by atomic mass is 10.0. The number of aromatic carboxylic acids is 2. The van der Waals surface area contributed by atoms with E-state index in [1.54, 1.807) is 60.7 Å². The average Bonchev–Trinajstić information content (AvgIpc) is 2.90. The van der Waals surface area contributed by atoms with Gasteiger partial charge in [-0.2, -0.15) is 0 Å². The maximum atomic E-state index is 13.1. The van der Waals surface area contributed by atoms with Crippen molar-refractivity contribution in [2.45, 2.75) is 11.8 Å². The Morgan fingerprint density at radius 2 is 1.11 bits per heavy atom. The van der Waals surface area contributed by atoms with Gasteiger partial charge in [-0.25, -0.2) is 9.59 Å². The van der Waals surface area contributed by atoms with E-state index >= 15 is 0 Å². The fourth-order valence-corrected chi connectivity index (χ4v) is 5.55. The van der Waals surface area contributed by atoms with Crippen molar-refractivity contribution in [2.75, 3.05) is 13.2 Å². The van der Waals surface area contributed by atoms with Gasteiger partial charge in [-0.3, -0.25) is 9.59 Å². The second kappa shape index (κ2) is 12.6. The van der Waals surface area contributed by atoms with Gasteiger partial charge in [-0.15, -0.1) is 0 Å². The lowest BCUT2D eigenvalue weighted by Crippen LogP contribution is -2.46. The Balaban J connectivity index is 2.04. The largest absolute Gasteiger partial charge is 0.484 e. The Morgan fingerprint density at radius 3 is 1.49 bits per heavy atom. The molecule has 0 heterocycles. The van der Waals surface area contributed by atoms with Crippen LogP contribution in [0, 0.1) is 0 Å². The molecule has 0 radical (unpaired) electrons. The molecule has 0 aliphatic heterocycles. The zero-order chi connectivity index (χ0) is 26.9. The Labute approximate surface area is 213 Å². The van der Waals surface area contributed by atoms with Crippen molar-refractivity contribution in [1.29, 1.82) is 0 Å². The fraction of sp³-hybridized carbons (Fsp3) is 0.154. The second-order valence-corrected chi connectivity index (χ2v) is 9.63. The molecule has 0 aromatic heterocycles. The van der Waals surface area contributed by atoms with E-state index in [1.807, 2.05) is 0 Å². The summed E-state index contributed by atoms with van der Waals surface area (Å²) < 4.78 is 11.1. The number of carboxylic acid groups (broad SMARTS) is 2. The van der Waals surface area contributed by atoms with Crippen molar-refractivity contribution in [1.82, 2.24) is 0 Å². The first-order valence-corrected chi connectivity index (χ1v) is 12.6. The molecule has 192 valence electrons. The van der Waals surface area contributed by atoms with Gasteiger partial charge < -0.3 is 29.3 Å². The van der Waals surface area contributed by atoms with E-state index in [-0.39, 0.29) is 5.19 Å². The van der Waals surface area contributed by atoms with E-state index in [2.05, 4.69) is 0 Å². The number of aliphatic hydroxyl groups excluding tert-OH is 2. The highest BCUT2D eigenvalue weighted by molar-refractivity contribution is 6.66. The summed E-state index contributed by atoms with van der Waals surface area (Å²) in [6.07, 6.45) is 0. The number of hydrogen-bond donors (Lipinski definition) is 4. The highest BCUT2D eigenvalue weighted by atomic mass is 28.3. The molecule has 10 nitrogen and oxygen atoms in total. The molecule has 2 unspecified atom stereocenters. The first kappa shape index (κ1) is 27.3. The van der Waals surface area contributed by atoms with E-state index in [4.69, 9.17) is 8.85 Å². The fourth-order valence-electron chi connectivity index (χ4n) is 3.71. The van der Waals surface area contributed by atoms with Crippen LogP contribution in [0.5, 0.6) is 0 Å².